The van der Waals surface area contributed by atoms with E-state index in [1.165, 1.54) is 4.57 Å². The summed E-state index contributed by atoms with van der Waals surface area (Å²) in [4.78, 5) is 31.2. The van der Waals surface area contributed by atoms with Crippen LogP contribution in [0.2, 0.25) is 5.15 Å². The Bertz CT molecular complexity index is 1530. The molecule has 3 aliphatic carbocycles. The molecule has 1 aromatic heterocycles. The summed E-state index contributed by atoms with van der Waals surface area (Å²) >= 11 is 6.40. The third-order valence-electron chi connectivity index (χ3n) is 9.41. The number of benzene rings is 1. The van der Waals surface area contributed by atoms with Crippen molar-refractivity contribution in [3.8, 4) is 0 Å². The lowest BCUT2D eigenvalue weighted by Crippen LogP contribution is -2.59. The molecule has 1 aromatic carbocycles. The largest absolute Gasteiger partial charge is 0.550 e. The first-order valence-corrected chi connectivity index (χ1v) is 14.3. The van der Waals surface area contributed by atoms with Crippen LogP contribution >= 0.6 is 11.6 Å². The summed E-state index contributed by atoms with van der Waals surface area (Å²) in [7, 11) is -0.708. The minimum Gasteiger partial charge on any atom is -0.536 e. The fourth-order valence-electron chi connectivity index (χ4n) is 6.97. The van der Waals surface area contributed by atoms with Crippen LogP contribution in [0.3, 0.4) is 0 Å². The van der Waals surface area contributed by atoms with Gasteiger partial charge in [-0.25, -0.2) is 13.8 Å². The van der Waals surface area contributed by atoms with Crippen molar-refractivity contribution >= 4 is 30.4 Å². The quantitative estimate of drug-likeness (QED) is 0.344. The van der Waals surface area contributed by atoms with Crippen LogP contribution in [0.4, 0.5) is 14.6 Å². The number of hydrogen-bond donors (Lipinski definition) is 2. The van der Waals surface area contributed by atoms with Crippen molar-refractivity contribution < 1.29 is 22.9 Å². The van der Waals surface area contributed by atoms with Gasteiger partial charge in [-0.3, -0.25) is 14.2 Å². The van der Waals surface area contributed by atoms with Gasteiger partial charge in [0, 0.05) is 12.1 Å². The number of rotatable bonds is 8. The molecule has 2 N–H and O–H groups in total. The summed E-state index contributed by atoms with van der Waals surface area (Å²) in [6, 6.07) is 2.21. The topological polar surface area (TPSA) is 94.5 Å². The van der Waals surface area contributed by atoms with E-state index in [0.717, 1.165) is 30.4 Å². The molecule has 1 saturated carbocycles. The van der Waals surface area contributed by atoms with Crippen molar-refractivity contribution in [3.05, 3.63) is 81.1 Å². The van der Waals surface area contributed by atoms with E-state index in [-0.39, 0.29) is 34.4 Å². The highest BCUT2D eigenvalue weighted by Gasteiger charge is 2.66. The van der Waals surface area contributed by atoms with Gasteiger partial charge in [0.2, 0.25) is 5.91 Å². The van der Waals surface area contributed by atoms with E-state index in [1.807, 2.05) is 0 Å². The van der Waals surface area contributed by atoms with Gasteiger partial charge >= 0.3 is 7.12 Å². The van der Waals surface area contributed by atoms with Crippen LogP contribution in [0.25, 0.3) is 0 Å². The van der Waals surface area contributed by atoms with E-state index in [0.29, 0.717) is 36.8 Å². The molecule has 8 nitrogen and oxygen atoms in total. The van der Waals surface area contributed by atoms with Crippen LogP contribution in [-0.2, 0) is 27.1 Å². The molecule has 2 aliphatic heterocycles. The van der Waals surface area contributed by atoms with Crippen molar-refractivity contribution in [2.75, 3.05) is 5.32 Å². The number of carbonyl (C=O) groups is 1. The molecule has 12 heteroatoms. The van der Waals surface area contributed by atoms with E-state index in [4.69, 9.17) is 20.9 Å². The molecule has 0 spiro atoms. The number of allylic oxidation sites excluding steroid dienone is 1. The second-order valence-corrected chi connectivity index (χ2v) is 12.5. The van der Waals surface area contributed by atoms with Crippen molar-refractivity contribution in [2.24, 2.45) is 17.3 Å². The fraction of sp³-hybridized carbons (Fsp3) is 0.483. The Morgan fingerprint density at radius 1 is 1.37 bits per heavy atom. The van der Waals surface area contributed by atoms with E-state index in [2.05, 4.69) is 49.0 Å². The van der Waals surface area contributed by atoms with E-state index in [1.54, 1.807) is 6.08 Å². The van der Waals surface area contributed by atoms with Crippen molar-refractivity contribution in [3.63, 3.8) is 0 Å². The number of aromatic nitrogens is 2. The predicted molar refractivity (Wildman–Crippen MR) is 151 cm³/mol. The van der Waals surface area contributed by atoms with Gasteiger partial charge < -0.3 is 19.9 Å². The second-order valence-electron chi connectivity index (χ2n) is 12.1. The third-order valence-corrected chi connectivity index (χ3v) is 9.72. The smallest absolute Gasteiger partial charge is 0.536 e. The highest BCUT2D eigenvalue weighted by Crippen LogP contribution is 2.64. The van der Waals surface area contributed by atoms with Gasteiger partial charge in [0.15, 0.2) is 11.0 Å². The first-order valence-electron chi connectivity index (χ1n) is 13.9. The number of hydrogen-bond acceptors (Lipinski definition) is 6. The van der Waals surface area contributed by atoms with Gasteiger partial charge in [0.1, 0.15) is 29.0 Å². The number of anilines is 1. The van der Waals surface area contributed by atoms with E-state index < -0.39 is 41.9 Å². The molecule has 3 unspecified atom stereocenters. The van der Waals surface area contributed by atoms with Gasteiger partial charge in [0.05, 0.1) is 11.6 Å². The van der Waals surface area contributed by atoms with E-state index >= 15 is 0 Å². The Labute approximate surface area is 242 Å². The van der Waals surface area contributed by atoms with Crippen LogP contribution < -0.4 is 16.2 Å². The van der Waals surface area contributed by atoms with Crippen molar-refractivity contribution in [2.45, 2.75) is 70.6 Å². The van der Waals surface area contributed by atoms with Crippen LogP contribution in [0.5, 0.6) is 0 Å². The predicted octanol–water partition coefficient (Wildman–Crippen LogP) is 4.73. The Hall–Kier alpha value is -3.18. The third kappa shape index (κ3) is 4.48. The second kappa shape index (κ2) is 9.98. The van der Waals surface area contributed by atoms with Gasteiger partial charge in [-0.05, 0) is 74.1 Å². The summed E-state index contributed by atoms with van der Waals surface area (Å²) in [6.07, 6.45) is 6.03. The summed E-state index contributed by atoms with van der Waals surface area (Å²) < 4.78 is 41.8. The maximum Gasteiger partial charge on any atom is 0.550 e. The molecule has 1 saturated heterocycles. The normalized spacial score (nSPS) is 27.6. The molecule has 7 rings (SSSR count). The lowest BCUT2D eigenvalue weighted by Gasteiger charge is -2.60. The molecule has 41 heavy (non-hydrogen) atoms. The van der Waals surface area contributed by atoms with Crippen LogP contribution in [0.1, 0.15) is 57.3 Å². The van der Waals surface area contributed by atoms with Crippen LogP contribution in [-0.4, -0.2) is 34.1 Å². The molecular weight excluding hydrogens is 553 g/mol. The SMILES string of the molecule is C=CC[C@H](NC(=O)[C@@H]1CCc2c(Cl)nc(NCc3cc(F)ccc3F)c(=O)n21)B1OC2=CC3CC(C2(C)O1)C3(C)C. The fourth-order valence-corrected chi connectivity index (χ4v) is 7.24. The maximum absolute atomic E-state index is 14.1. The first kappa shape index (κ1) is 28.0. The van der Waals surface area contributed by atoms with E-state index in [9.17, 15) is 18.4 Å². The summed E-state index contributed by atoms with van der Waals surface area (Å²) in [5.74, 6) is -0.737. The van der Waals surface area contributed by atoms with Crippen LogP contribution in [0.15, 0.2) is 47.5 Å². The number of carbonyl (C=O) groups excluding carboxylic acids is 1. The summed E-state index contributed by atoms with van der Waals surface area (Å²) in [5, 5.41) is 5.86. The minimum atomic E-state index is -0.845. The zero-order valence-corrected chi connectivity index (χ0v) is 23.9. The molecule has 2 fully saturated rings. The highest BCUT2D eigenvalue weighted by molar-refractivity contribution is 6.48. The van der Waals surface area contributed by atoms with Gasteiger partial charge in [-0.1, -0.05) is 31.5 Å². The lowest BCUT2D eigenvalue weighted by molar-refractivity contribution is -0.125. The molecule has 1 amide bonds. The number of nitrogens with zero attached hydrogens (tertiary/aromatic N) is 2. The molecular formula is C29H32BClF2N4O4. The monoisotopic (exact) mass is 584 g/mol. The van der Waals surface area contributed by atoms with Crippen molar-refractivity contribution in [1.29, 1.82) is 0 Å². The summed E-state index contributed by atoms with van der Waals surface area (Å²) in [5.41, 5.74) is -0.555. The molecule has 2 aromatic rings. The Morgan fingerprint density at radius 3 is 2.88 bits per heavy atom. The highest BCUT2D eigenvalue weighted by atomic mass is 35.5. The molecule has 5 aliphatic rings. The minimum absolute atomic E-state index is 0.0243. The molecule has 2 bridgehead atoms. The number of halogens is 3. The Balaban J connectivity index is 1.21. The first-order chi connectivity index (χ1) is 19.4. The average Bonchev–Trinajstić information content (AvgIpc) is 3.53. The molecule has 5 atom stereocenters. The van der Waals surface area contributed by atoms with Gasteiger partial charge in [-0.15, -0.1) is 6.58 Å². The van der Waals surface area contributed by atoms with Crippen LogP contribution in [0, 0.1) is 28.9 Å². The summed E-state index contributed by atoms with van der Waals surface area (Å²) in [6.45, 7) is 10.2. The standard InChI is InChI=1S/C29H32BClF2N4O4/c1-5-6-23(30-40-22-13-16-12-21(28(16,2)3)29(22,4)41-30)35-26(38)20-10-9-19-24(31)36-25(27(39)37(19)20)34-14-15-11-17(32)7-8-18(15)33/h5,7-8,11,13,16,20-21,23H,1,6,9-10,12,14H2,2-4H3,(H,34,36)(H,35,38)/t16?,20-,21?,23-,29?/m0/s1. The number of nitrogens with one attached hydrogen (secondary N) is 2. The van der Waals surface area contributed by atoms with Crippen molar-refractivity contribution in [1.82, 2.24) is 14.9 Å². The number of amides is 1. The molecule has 3 heterocycles. The van der Waals surface area contributed by atoms with Gasteiger partial charge in [-0.2, -0.15) is 0 Å². The van der Waals surface area contributed by atoms with Gasteiger partial charge in [0.25, 0.3) is 5.56 Å². The maximum atomic E-state index is 14.1. The Morgan fingerprint density at radius 2 is 2.15 bits per heavy atom. The lowest BCUT2D eigenvalue weighted by atomic mass is 9.46. The molecule has 0 radical (unpaired) electrons. The zero-order valence-electron chi connectivity index (χ0n) is 23.2. The Kier molecular flexibility index (Phi) is 6.81. The molecule has 216 valence electrons. The zero-order chi connectivity index (χ0) is 29.3. The average molecular weight is 585 g/mol. The number of fused-ring (bicyclic) bond motifs is 1.